The molecule has 140 valence electrons. The molecule has 1 amide bonds. The molecule has 0 atom stereocenters. The molecule has 1 aliphatic heterocycles. The number of hydrogen-bond donors (Lipinski definition) is 1. The van der Waals surface area contributed by atoms with Crippen LogP contribution in [0.4, 0.5) is 4.39 Å². The van der Waals surface area contributed by atoms with Crippen molar-refractivity contribution in [2.75, 3.05) is 32.4 Å². The van der Waals surface area contributed by atoms with E-state index >= 15 is 0 Å². The van der Waals surface area contributed by atoms with Crippen molar-refractivity contribution < 1.29 is 17.6 Å². The smallest absolute Gasteiger partial charge is 0.237 e. The van der Waals surface area contributed by atoms with Gasteiger partial charge in [-0.3, -0.25) is 9.69 Å². The maximum absolute atomic E-state index is 13.3. The average molecular weight is 371 g/mol. The molecule has 0 saturated carbocycles. The van der Waals surface area contributed by atoms with Gasteiger partial charge in [0.1, 0.15) is 5.82 Å². The summed E-state index contributed by atoms with van der Waals surface area (Å²) in [6, 6.07) is 6.22. The molecule has 25 heavy (non-hydrogen) atoms. The molecule has 1 aromatic rings. The number of hydrogen-bond acceptors (Lipinski definition) is 4. The highest BCUT2D eigenvalue weighted by molar-refractivity contribution is 7.88. The second-order valence-corrected chi connectivity index (χ2v) is 8.26. The molecule has 8 heteroatoms. The lowest BCUT2D eigenvalue weighted by atomic mass is 10.1. The summed E-state index contributed by atoms with van der Waals surface area (Å²) in [5, 5.41) is 0. The highest BCUT2D eigenvalue weighted by Crippen LogP contribution is 2.12. The van der Waals surface area contributed by atoms with Gasteiger partial charge in [-0.05, 0) is 37.5 Å². The molecule has 1 fully saturated rings. The maximum Gasteiger partial charge on any atom is 0.237 e. The Hall–Kier alpha value is -1.51. The van der Waals surface area contributed by atoms with Crippen molar-refractivity contribution in [3.8, 4) is 0 Å². The Bertz CT molecular complexity index is 688. The molecule has 1 aliphatic rings. The molecule has 0 spiro atoms. The van der Waals surface area contributed by atoms with E-state index in [-0.39, 0.29) is 17.8 Å². The first-order valence-corrected chi connectivity index (χ1v) is 10.4. The summed E-state index contributed by atoms with van der Waals surface area (Å²) in [4.78, 5) is 16.3. The Labute approximate surface area is 149 Å². The molecule has 0 bridgehead atoms. The number of sulfonamides is 1. The molecule has 6 nitrogen and oxygen atoms in total. The largest absolute Gasteiger partial charge is 0.338 e. The molecule has 1 heterocycles. The number of carbonyl (C=O) groups excluding carboxylic acids is 1. The van der Waals surface area contributed by atoms with Crippen LogP contribution >= 0.6 is 0 Å². The lowest BCUT2D eigenvalue weighted by Gasteiger charge is -2.33. The van der Waals surface area contributed by atoms with E-state index in [1.165, 1.54) is 12.1 Å². The SMILES string of the molecule is CCN(Cc1cccc(F)c1)C(=O)CN1CCC(NS(C)(=O)=O)CC1. The van der Waals surface area contributed by atoms with Gasteiger partial charge < -0.3 is 4.90 Å². The summed E-state index contributed by atoms with van der Waals surface area (Å²) in [5.74, 6) is -0.303. The number of nitrogens with zero attached hydrogens (tertiary/aromatic N) is 2. The van der Waals surface area contributed by atoms with E-state index in [1.54, 1.807) is 17.0 Å². The summed E-state index contributed by atoms with van der Waals surface area (Å²) in [5.41, 5.74) is 0.770. The molecular weight excluding hydrogens is 345 g/mol. The van der Waals surface area contributed by atoms with Crippen LogP contribution in [0.25, 0.3) is 0 Å². The van der Waals surface area contributed by atoms with Gasteiger partial charge in [0.15, 0.2) is 0 Å². The van der Waals surface area contributed by atoms with Crippen LogP contribution in [0, 0.1) is 5.82 Å². The van der Waals surface area contributed by atoms with Crippen molar-refractivity contribution in [2.24, 2.45) is 0 Å². The Morgan fingerprint density at radius 3 is 2.60 bits per heavy atom. The van der Waals surface area contributed by atoms with E-state index in [2.05, 4.69) is 4.72 Å². The van der Waals surface area contributed by atoms with Crippen molar-refractivity contribution in [2.45, 2.75) is 32.4 Å². The van der Waals surface area contributed by atoms with Crippen molar-refractivity contribution >= 4 is 15.9 Å². The third-order valence-electron chi connectivity index (χ3n) is 4.32. The first-order chi connectivity index (χ1) is 11.8. The van der Waals surface area contributed by atoms with E-state index in [1.807, 2.05) is 11.8 Å². The van der Waals surface area contributed by atoms with Gasteiger partial charge in [0.25, 0.3) is 0 Å². The summed E-state index contributed by atoms with van der Waals surface area (Å²) in [7, 11) is -3.19. The zero-order chi connectivity index (χ0) is 18.4. The fourth-order valence-electron chi connectivity index (χ4n) is 3.04. The molecule has 0 unspecified atom stereocenters. The van der Waals surface area contributed by atoms with Gasteiger partial charge in [0, 0.05) is 32.2 Å². The molecule has 1 aromatic carbocycles. The minimum atomic E-state index is -3.19. The predicted octanol–water partition coefficient (Wildman–Crippen LogP) is 1.19. The monoisotopic (exact) mass is 371 g/mol. The van der Waals surface area contributed by atoms with Crippen LogP contribution in [0.3, 0.4) is 0 Å². The van der Waals surface area contributed by atoms with Crippen LogP contribution in [0.5, 0.6) is 0 Å². The van der Waals surface area contributed by atoms with Crippen LogP contribution in [0.2, 0.25) is 0 Å². The Balaban J connectivity index is 1.84. The number of amides is 1. The van der Waals surface area contributed by atoms with Crippen LogP contribution < -0.4 is 4.72 Å². The van der Waals surface area contributed by atoms with E-state index in [0.717, 1.165) is 11.8 Å². The van der Waals surface area contributed by atoms with Gasteiger partial charge in [-0.15, -0.1) is 0 Å². The molecule has 1 N–H and O–H groups in total. The number of likely N-dealkylation sites (N-methyl/N-ethyl adjacent to an activating group) is 1. The van der Waals surface area contributed by atoms with E-state index in [0.29, 0.717) is 45.6 Å². The normalized spacial score (nSPS) is 16.8. The highest BCUT2D eigenvalue weighted by Gasteiger charge is 2.24. The summed E-state index contributed by atoms with van der Waals surface area (Å²) in [6.45, 7) is 4.50. The number of piperidine rings is 1. The predicted molar refractivity (Wildman–Crippen MR) is 94.9 cm³/mol. The molecular formula is C17H26FN3O3S. The second kappa shape index (κ2) is 8.73. The quantitative estimate of drug-likeness (QED) is 0.782. The Morgan fingerprint density at radius 2 is 2.04 bits per heavy atom. The minimum Gasteiger partial charge on any atom is -0.338 e. The summed E-state index contributed by atoms with van der Waals surface area (Å²) >= 11 is 0. The summed E-state index contributed by atoms with van der Waals surface area (Å²) in [6.07, 6.45) is 2.54. The molecule has 0 radical (unpaired) electrons. The highest BCUT2D eigenvalue weighted by atomic mass is 32.2. The first kappa shape index (κ1) is 19.8. The zero-order valence-electron chi connectivity index (χ0n) is 14.7. The number of carbonyl (C=O) groups is 1. The average Bonchev–Trinajstić information content (AvgIpc) is 2.53. The van der Waals surface area contributed by atoms with Crippen LogP contribution in [-0.2, 0) is 21.4 Å². The lowest BCUT2D eigenvalue weighted by molar-refractivity contribution is -0.133. The molecule has 2 rings (SSSR count). The Kier molecular flexibility index (Phi) is 6.92. The standard InChI is InChI=1S/C17H26FN3O3S/c1-3-21(12-14-5-4-6-15(18)11-14)17(22)13-20-9-7-16(8-10-20)19-25(2,23)24/h4-6,11,16,19H,3,7-10,12-13H2,1-2H3. The Morgan fingerprint density at radius 1 is 1.36 bits per heavy atom. The van der Waals surface area contributed by atoms with E-state index in [9.17, 15) is 17.6 Å². The third kappa shape index (κ3) is 6.72. The van der Waals surface area contributed by atoms with Gasteiger partial charge in [-0.1, -0.05) is 12.1 Å². The van der Waals surface area contributed by atoms with Gasteiger partial charge >= 0.3 is 0 Å². The lowest BCUT2D eigenvalue weighted by Crippen LogP contribution is -2.47. The van der Waals surface area contributed by atoms with Crippen molar-refractivity contribution in [1.82, 2.24) is 14.5 Å². The van der Waals surface area contributed by atoms with Gasteiger partial charge in [-0.25, -0.2) is 17.5 Å². The minimum absolute atomic E-state index is 0.00119. The van der Waals surface area contributed by atoms with Crippen molar-refractivity contribution in [3.05, 3.63) is 35.6 Å². The zero-order valence-corrected chi connectivity index (χ0v) is 15.6. The number of rotatable bonds is 7. The number of halogens is 1. The summed E-state index contributed by atoms with van der Waals surface area (Å²) < 4.78 is 38.5. The number of nitrogens with one attached hydrogen (secondary N) is 1. The van der Waals surface area contributed by atoms with Crippen molar-refractivity contribution in [1.29, 1.82) is 0 Å². The van der Waals surface area contributed by atoms with Gasteiger partial charge in [-0.2, -0.15) is 0 Å². The second-order valence-electron chi connectivity index (χ2n) is 6.48. The van der Waals surface area contributed by atoms with Crippen LogP contribution in [0.15, 0.2) is 24.3 Å². The van der Waals surface area contributed by atoms with Crippen molar-refractivity contribution in [3.63, 3.8) is 0 Å². The fraction of sp³-hybridized carbons (Fsp3) is 0.588. The molecule has 0 aromatic heterocycles. The topological polar surface area (TPSA) is 69.7 Å². The van der Waals surface area contributed by atoms with E-state index < -0.39 is 10.0 Å². The van der Waals surface area contributed by atoms with Gasteiger partial charge in [0.2, 0.25) is 15.9 Å². The van der Waals surface area contributed by atoms with Crippen LogP contribution in [0.1, 0.15) is 25.3 Å². The molecule has 1 saturated heterocycles. The maximum atomic E-state index is 13.3. The van der Waals surface area contributed by atoms with Crippen LogP contribution in [-0.4, -0.2) is 62.6 Å². The number of likely N-dealkylation sites (tertiary alicyclic amines) is 1. The third-order valence-corrected chi connectivity index (χ3v) is 5.09. The van der Waals surface area contributed by atoms with Gasteiger partial charge in [0.05, 0.1) is 12.8 Å². The fourth-order valence-corrected chi connectivity index (χ4v) is 3.88. The van der Waals surface area contributed by atoms with E-state index in [4.69, 9.17) is 0 Å². The first-order valence-electron chi connectivity index (χ1n) is 8.48. The number of benzene rings is 1. The molecule has 0 aliphatic carbocycles.